The van der Waals surface area contributed by atoms with Crippen LogP contribution in [0.15, 0.2) is 59.4 Å². The van der Waals surface area contributed by atoms with Crippen molar-refractivity contribution in [2.45, 2.75) is 18.9 Å². The van der Waals surface area contributed by atoms with Gasteiger partial charge < -0.3 is 4.74 Å². The second-order valence-electron chi connectivity index (χ2n) is 6.39. The number of carbonyl (C=O) groups excluding carboxylic acids is 2. The first-order valence-electron chi connectivity index (χ1n) is 8.94. The number of benzene rings is 2. The summed E-state index contributed by atoms with van der Waals surface area (Å²) in [5, 5.41) is 5.02. The van der Waals surface area contributed by atoms with Crippen molar-refractivity contribution in [2.75, 3.05) is 6.61 Å². The molecule has 8 heteroatoms. The third-order valence-corrected chi connectivity index (χ3v) is 4.54. The predicted octanol–water partition coefficient (Wildman–Crippen LogP) is 1.33. The van der Waals surface area contributed by atoms with Gasteiger partial charge in [-0.2, -0.15) is 9.78 Å². The van der Waals surface area contributed by atoms with Crippen LogP contribution in [0.25, 0.3) is 16.5 Å². The molecule has 1 aliphatic rings. The van der Waals surface area contributed by atoms with Crippen LogP contribution in [-0.2, 0) is 9.53 Å². The first kappa shape index (κ1) is 17.9. The van der Waals surface area contributed by atoms with E-state index in [-0.39, 0.29) is 11.3 Å². The summed E-state index contributed by atoms with van der Waals surface area (Å²) in [6, 6.07) is 15.6. The van der Waals surface area contributed by atoms with E-state index in [2.05, 4.69) is 16.0 Å². The molecule has 0 saturated carbocycles. The van der Waals surface area contributed by atoms with Gasteiger partial charge in [-0.3, -0.25) is 25.2 Å². The Morgan fingerprint density at radius 3 is 2.43 bits per heavy atom. The number of rotatable bonds is 3. The van der Waals surface area contributed by atoms with Crippen LogP contribution in [-0.4, -0.2) is 34.3 Å². The van der Waals surface area contributed by atoms with Gasteiger partial charge in [0.15, 0.2) is 5.69 Å². The molecule has 0 unspecified atom stereocenters. The number of nitrogens with one attached hydrogen (secondary N) is 2. The Morgan fingerprint density at radius 2 is 1.71 bits per heavy atom. The highest BCUT2D eigenvalue weighted by molar-refractivity contribution is 6.05. The van der Waals surface area contributed by atoms with Gasteiger partial charge in [-0.25, -0.2) is 0 Å². The molecule has 1 atom stereocenters. The Kier molecular flexibility index (Phi) is 4.86. The van der Waals surface area contributed by atoms with E-state index in [0.717, 1.165) is 6.42 Å². The van der Waals surface area contributed by atoms with Crippen molar-refractivity contribution in [3.63, 3.8) is 0 Å². The van der Waals surface area contributed by atoms with Crippen molar-refractivity contribution < 1.29 is 14.3 Å². The van der Waals surface area contributed by atoms with E-state index >= 15 is 0 Å². The smallest absolute Gasteiger partial charge is 0.290 e. The molecule has 1 aliphatic heterocycles. The molecule has 28 heavy (non-hydrogen) atoms. The van der Waals surface area contributed by atoms with Gasteiger partial charge in [0.2, 0.25) is 0 Å². The Bertz CT molecular complexity index is 1090. The standard InChI is InChI=1S/C20H18N4O4/c25-18(16-11-6-12-28-16)21-22-19(26)17-14-9-4-5-10-15(14)20(27)24(23-17)13-7-2-1-3-8-13/h1-5,7-10,16H,6,11-12H2,(H,21,25)(H,22,26)/t16-/m0/s1. The third-order valence-electron chi connectivity index (χ3n) is 4.54. The number of nitrogens with zero attached hydrogens (tertiary/aromatic N) is 2. The molecule has 2 N–H and O–H groups in total. The van der Waals surface area contributed by atoms with Crippen molar-refractivity contribution in [2.24, 2.45) is 0 Å². The maximum absolute atomic E-state index is 12.8. The summed E-state index contributed by atoms with van der Waals surface area (Å²) in [6.45, 7) is 0.528. The van der Waals surface area contributed by atoms with Crippen molar-refractivity contribution in [1.82, 2.24) is 20.6 Å². The fourth-order valence-corrected chi connectivity index (χ4v) is 3.14. The number of hydrogen-bond acceptors (Lipinski definition) is 5. The highest BCUT2D eigenvalue weighted by Gasteiger charge is 2.24. The van der Waals surface area contributed by atoms with Crippen LogP contribution in [0.4, 0.5) is 0 Å². The summed E-state index contributed by atoms with van der Waals surface area (Å²) in [4.78, 5) is 37.6. The molecular formula is C20H18N4O4. The zero-order chi connectivity index (χ0) is 19.5. The van der Waals surface area contributed by atoms with Crippen molar-refractivity contribution >= 4 is 22.6 Å². The highest BCUT2D eigenvalue weighted by atomic mass is 16.5. The average Bonchev–Trinajstić information content (AvgIpc) is 3.28. The lowest BCUT2D eigenvalue weighted by Gasteiger charge is -2.13. The van der Waals surface area contributed by atoms with Crippen LogP contribution in [0.5, 0.6) is 0 Å². The summed E-state index contributed by atoms with van der Waals surface area (Å²) in [5.41, 5.74) is 4.98. The SMILES string of the molecule is O=C(NNC(=O)[C@@H]1CCCO1)c1nn(-c2ccccc2)c(=O)c2ccccc12. The molecule has 3 aromatic rings. The van der Waals surface area contributed by atoms with Crippen molar-refractivity contribution in [3.05, 3.63) is 70.6 Å². The minimum Gasteiger partial charge on any atom is -0.368 e. The predicted molar refractivity (Wildman–Crippen MR) is 102 cm³/mol. The van der Waals surface area contributed by atoms with Gasteiger partial charge >= 0.3 is 0 Å². The largest absolute Gasteiger partial charge is 0.368 e. The normalized spacial score (nSPS) is 16.1. The highest BCUT2D eigenvalue weighted by Crippen LogP contribution is 2.15. The maximum Gasteiger partial charge on any atom is 0.290 e. The average molecular weight is 378 g/mol. The molecule has 2 aromatic carbocycles. The van der Waals surface area contributed by atoms with E-state index in [4.69, 9.17) is 4.74 Å². The van der Waals surface area contributed by atoms with Crippen LogP contribution < -0.4 is 16.4 Å². The van der Waals surface area contributed by atoms with Crippen molar-refractivity contribution in [1.29, 1.82) is 0 Å². The molecule has 8 nitrogen and oxygen atoms in total. The maximum atomic E-state index is 12.8. The third kappa shape index (κ3) is 3.37. The number of aromatic nitrogens is 2. The number of ether oxygens (including phenoxy) is 1. The van der Waals surface area contributed by atoms with E-state index in [1.165, 1.54) is 4.68 Å². The quantitative estimate of drug-likeness (QED) is 0.670. The summed E-state index contributed by atoms with van der Waals surface area (Å²) in [5.74, 6) is -1.03. The minimum atomic E-state index is -0.618. The van der Waals surface area contributed by atoms with Crippen LogP contribution in [0, 0.1) is 0 Å². The lowest BCUT2D eigenvalue weighted by atomic mass is 10.1. The van der Waals surface area contributed by atoms with Gasteiger partial charge in [-0.15, -0.1) is 0 Å². The summed E-state index contributed by atoms with van der Waals surface area (Å²) in [6.07, 6.45) is 0.852. The van der Waals surface area contributed by atoms with Crippen molar-refractivity contribution in [3.8, 4) is 5.69 Å². The lowest BCUT2D eigenvalue weighted by Crippen LogP contribution is -2.46. The Balaban J connectivity index is 1.69. The zero-order valence-electron chi connectivity index (χ0n) is 14.9. The number of hydrazine groups is 1. The van der Waals surface area contributed by atoms with Crippen LogP contribution in [0.2, 0.25) is 0 Å². The van der Waals surface area contributed by atoms with E-state index in [1.807, 2.05) is 6.07 Å². The van der Waals surface area contributed by atoms with Gasteiger partial charge in [-0.05, 0) is 31.0 Å². The first-order valence-corrected chi connectivity index (χ1v) is 8.94. The van der Waals surface area contributed by atoms with Gasteiger partial charge in [0, 0.05) is 12.0 Å². The molecule has 0 aliphatic carbocycles. The summed E-state index contributed by atoms with van der Waals surface area (Å²) >= 11 is 0. The zero-order valence-corrected chi connectivity index (χ0v) is 14.9. The molecule has 142 valence electrons. The van der Waals surface area contributed by atoms with E-state index in [0.29, 0.717) is 29.5 Å². The Hall–Kier alpha value is -3.52. The monoisotopic (exact) mass is 378 g/mol. The molecule has 2 amide bonds. The van der Waals surface area contributed by atoms with Crippen LogP contribution in [0.3, 0.4) is 0 Å². The number of hydrogen-bond donors (Lipinski definition) is 2. The first-order chi connectivity index (χ1) is 13.6. The molecule has 4 rings (SSSR count). The lowest BCUT2D eigenvalue weighted by molar-refractivity contribution is -0.130. The summed E-state index contributed by atoms with van der Waals surface area (Å²) in [7, 11) is 0. The number of amides is 2. The molecule has 0 bridgehead atoms. The minimum absolute atomic E-state index is 0.0340. The van der Waals surface area contributed by atoms with Gasteiger partial charge in [-0.1, -0.05) is 36.4 Å². The Labute approximate surface area is 160 Å². The second kappa shape index (κ2) is 7.61. The topological polar surface area (TPSA) is 102 Å². The number of carbonyl (C=O) groups is 2. The van der Waals surface area contributed by atoms with Crippen LogP contribution >= 0.6 is 0 Å². The molecular weight excluding hydrogens is 360 g/mol. The Morgan fingerprint density at radius 1 is 1.00 bits per heavy atom. The summed E-state index contributed by atoms with van der Waals surface area (Å²) < 4.78 is 6.47. The van der Waals surface area contributed by atoms with Gasteiger partial charge in [0.25, 0.3) is 17.4 Å². The van der Waals surface area contributed by atoms with Crippen LogP contribution in [0.1, 0.15) is 23.3 Å². The fourth-order valence-electron chi connectivity index (χ4n) is 3.14. The molecule has 0 spiro atoms. The van der Waals surface area contributed by atoms with E-state index < -0.39 is 17.9 Å². The van der Waals surface area contributed by atoms with Gasteiger partial charge in [0.1, 0.15) is 6.10 Å². The van der Waals surface area contributed by atoms with E-state index in [9.17, 15) is 14.4 Å². The molecule has 1 saturated heterocycles. The van der Waals surface area contributed by atoms with E-state index in [1.54, 1.807) is 48.5 Å². The number of fused-ring (bicyclic) bond motifs is 1. The second-order valence-corrected chi connectivity index (χ2v) is 6.39. The molecule has 1 aromatic heterocycles. The van der Waals surface area contributed by atoms with Gasteiger partial charge in [0.05, 0.1) is 11.1 Å². The molecule has 1 fully saturated rings. The number of para-hydroxylation sites is 1. The molecule has 2 heterocycles. The fraction of sp³-hybridized carbons (Fsp3) is 0.200. The molecule has 0 radical (unpaired) electrons.